The molecule has 1 aromatic rings. The van der Waals surface area contributed by atoms with Crippen LogP contribution in [0.4, 0.5) is 0 Å². The SMILES string of the molecule is CCC(N)C(=O)NCc1cccc2c1OCO2. The molecule has 2 rings (SSSR count). The first-order valence-corrected chi connectivity index (χ1v) is 5.63. The Labute approximate surface area is 99.9 Å². The topological polar surface area (TPSA) is 73.6 Å². The molecule has 1 aliphatic rings. The van der Waals surface area contributed by atoms with Crippen LogP contribution in [0.25, 0.3) is 0 Å². The van der Waals surface area contributed by atoms with Crippen LogP contribution in [0.1, 0.15) is 18.9 Å². The third kappa shape index (κ3) is 2.50. The lowest BCUT2D eigenvalue weighted by atomic mass is 10.1. The summed E-state index contributed by atoms with van der Waals surface area (Å²) in [6, 6.07) is 5.15. The number of benzene rings is 1. The molecule has 0 aromatic heterocycles. The van der Waals surface area contributed by atoms with Crippen LogP contribution in [0, 0.1) is 0 Å². The van der Waals surface area contributed by atoms with Gasteiger partial charge in [0, 0.05) is 12.1 Å². The van der Waals surface area contributed by atoms with Crippen molar-refractivity contribution in [2.75, 3.05) is 6.79 Å². The highest BCUT2D eigenvalue weighted by atomic mass is 16.7. The molecule has 17 heavy (non-hydrogen) atoms. The van der Waals surface area contributed by atoms with Crippen molar-refractivity contribution in [3.05, 3.63) is 23.8 Å². The van der Waals surface area contributed by atoms with Gasteiger partial charge < -0.3 is 20.5 Å². The summed E-state index contributed by atoms with van der Waals surface area (Å²) in [5, 5.41) is 2.78. The Bertz CT molecular complexity index is 420. The summed E-state index contributed by atoms with van der Waals surface area (Å²) >= 11 is 0. The van der Waals surface area contributed by atoms with E-state index in [1.54, 1.807) is 0 Å². The highest BCUT2D eigenvalue weighted by molar-refractivity contribution is 5.81. The van der Waals surface area contributed by atoms with Crippen LogP contribution in [0.3, 0.4) is 0 Å². The van der Waals surface area contributed by atoms with Crippen molar-refractivity contribution < 1.29 is 14.3 Å². The van der Waals surface area contributed by atoms with Gasteiger partial charge in [-0.15, -0.1) is 0 Å². The van der Waals surface area contributed by atoms with Crippen LogP contribution in [0.5, 0.6) is 11.5 Å². The van der Waals surface area contributed by atoms with E-state index in [4.69, 9.17) is 15.2 Å². The Morgan fingerprint density at radius 2 is 2.35 bits per heavy atom. The summed E-state index contributed by atoms with van der Waals surface area (Å²) in [7, 11) is 0. The van der Waals surface area contributed by atoms with Crippen molar-refractivity contribution in [2.24, 2.45) is 5.73 Å². The van der Waals surface area contributed by atoms with E-state index in [1.807, 2.05) is 25.1 Å². The minimum absolute atomic E-state index is 0.149. The minimum Gasteiger partial charge on any atom is -0.454 e. The number of hydrogen-bond donors (Lipinski definition) is 2. The Kier molecular flexibility index (Phi) is 3.49. The van der Waals surface area contributed by atoms with Gasteiger partial charge >= 0.3 is 0 Å². The first-order chi connectivity index (χ1) is 8.22. The zero-order valence-electron chi connectivity index (χ0n) is 9.73. The number of para-hydroxylation sites is 1. The molecule has 0 fully saturated rings. The van der Waals surface area contributed by atoms with Gasteiger partial charge in [-0.05, 0) is 12.5 Å². The third-order valence-electron chi connectivity index (χ3n) is 2.71. The number of amides is 1. The number of nitrogens with two attached hydrogens (primary N) is 1. The van der Waals surface area contributed by atoms with Crippen molar-refractivity contribution in [3.8, 4) is 11.5 Å². The largest absolute Gasteiger partial charge is 0.454 e. The average Bonchev–Trinajstić information content (AvgIpc) is 2.83. The number of rotatable bonds is 4. The van der Waals surface area contributed by atoms with E-state index < -0.39 is 6.04 Å². The number of hydrogen-bond acceptors (Lipinski definition) is 4. The Hall–Kier alpha value is -1.75. The molecule has 5 heteroatoms. The Balaban J connectivity index is 2.00. The second-order valence-corrected chi connectivity index (χ2v) is 3.88. The summed E-state index contributed by atoms with van der Waals surface area (Å²) in [6.45, 7) is 2.51. The summed E-state index contributed by atoms with van der Waals surface area (Å²) in [5.41, 5.74) is 6.53. The smallest absolute Gasteiger partial charge is 0.237 e. The van der Waals surface area contributed by atoms with E-state index in [9.17, 15) is 4.79 Å². The first kappa shape index (κ1) is 11.7. The maximum absolute atomic E-state index is 11.5. The van der Waals surface area contributed by atoms with E-state index in [2.05, 4.69) is 5.32 Å². The molecule has 0 saturated carbocycles. The number of fused-ring (bicyclic) bond motifs is 1. The minimum atomic E-state index is -0.455. The predicted octanol–water partition coefficient (Wildman–Crippen LogP) is 0.769. The van der Waals surface area contributed by atoms with E-state index in [1.165, 1.54) is 0 Å². The molecule has 5 nitrogen and oxygen atoms in total. The quantitative estimate of drug-likeness (QED) is 0.809. The number of carbonyl (C=O) groups is 1. The Morgan fingerprint density at radius 1 is 1.53 bits per heavy atom. The van der Waals surface area contributed by atoms with Crippen molar-refractivity contribution in [3.63, 3.8) is 0 Å². The molecule has 0 saturated heterocycles. The zero-order chi connectivity index (χ0) is 12.3. The van der Waals surface area contributed by atoms with Gasteiger partial charge in [-0.3, -0.25) is 4.79 Å². The fraction of sp³-hybridized carbons (Fsp3) is 0.417. The highest BCUT2D eigenvalue weighted by Gasteiger charge is 2.18. The zero-order valence-corrected chi connectivity index (χ0v) is 9.73. The molecule has 0 radical (unpaired) electrons. The molecule has 1 atom stereocenters. The van der Waals surface area contributed by atoms with Crippen LogP contribution in [0.2, 0.25) is 0 Å². The fourth-order valence-electron chi connectivity index (χ4n) is 1.63. The lowest BCUT2D eigenvalue weighted by molar-refractivity contribution is -0.122. The van der Waals surface area contributed by atoms with E-state index in [0.717, 1.165) is 11.3 Å². The molecule has 0 aliphatic carbocycles. The van der Waals surface area contributed by atoms with Crippen LogP contribution in [0.15, 0.2) is 18.2 Å². The molecule has 0 bridgehead atoms. The summed E-state index contributed by atoms with van der Waals surface area (Å²) < 4.78 is 10.6. The second-order valence-electron chi connectivity index (χ2n) is 3.88. The standard InChI is InChI=1S/C12H16N2O3/c1-2-9(13)12(15)14-6-8-4-3-5-10-11(8)17-7-16-10/h3-5,9H,2,6-7,13H2,1H3,(H,14,15). The first-order valence-electron chi connectivity index (χ1n) is 5.63. The second kappa shape index (κ2) is 5.05. The molecular formula is C12H16N2O3. The summed E-state index contributed by atoms with van der Waals surface area (Å²) in [6.07, 6.45) is 0.623. The van der Waals surface area contributed by atoms with Crippen LogP contribution >= 0.6 is 0 Å². The molecule has 1 aliphatic heterocycles. The highest BCUT2D eigenvalue weighted by Crippen LogP contribution is 2.35. The molecule has 1 amide bonds. The number of nitrogens with one attached hydrogen (secondary N) is 1. The fourth-order valence-corrected chi connectivity index (χ4v) is 1.63. The maximum Gasteiger partial charge on any atom is 0.237 e. The Morgan fingerprint density at radius 3 is 3.12 bits per heavy atom. The van der Waals surface area contributed by atoms with E-state index in [-0.39, 0.29) is 12.7 Å². The molecule has 1 unspecified atom stereocenters. The van der Waals surface area contributed by atoms with Crippen molar-refractivity contribution in [2.45, 2.75) is 25.9 Å². The summed E-state index contributed by atoms with van der Waals surface area (Å²) in [4.78, 5) is 11.5. The van der Waals surface area contributed by atoms with Gasteiger partial charge in [0.15, 0.2) is 11.5 Å². The number of ether oxygens (including phenoxy) is 2. The average molecular weight is 236 g/mol. The normalized spacial score (nSPS) is 14.5. The van der Waals surface area contributed by atoms with Crippen molar-refractivity contribution in [1.82, 2.24) is 5.32 Å². The van der Waals surface area contributed by atoms with E-state index in [0.29, 0.717) is 18.7 Å². The third-order valence-corrected chi connectivity index (χ3v) is 2.71. The molecule has 1 aromatic carbocycles. The predicted molar refractivity (Wildman–Crippen MR) is 62.7 cm³/mol. The van der Waals surface area contributed by atoms with Gasteiger partial charge in [0.2, 0.25) is 12.7 Å². The monoisotopic (exact) mass is 236 g/mol. The molecule has 3 N–H and O–H groups in total. The molecule has 1 heterocycles. The van der Waals surface area contributed by atoms with Crippen LogP contribution < -0.4 is 20.5 Å². The molecule has 0 spiro atoms. The van der Waals surface area contributed by atoms with Crippen LogP contribution in [-0.4, -0.2) is 18.7 Å². The van der Waals surface area contributed by atoms with Crippen molar-refractivity contribution in [1.29, 1.82) is 0 Å². The molecule has 92 valence electrons. The van der Waals surface area contributed by atoms with Gasteiger partial charge in [0.05, 0.1) is 6.04 Å². The van der Waals surface area contributed by atoms with Gasteiger partial charge in [-0.2, -0.15) is 0 Å². The van der Waals surface area contributed by atoms with Gasteiger partial charge in [-0.1, -0.05) is 19.1 Å². The van der Waals surface area contributed by atoms with Gasteiger partial charge in [0.1, 0.15) is 0 Å². The van der Waals surface area contributed by atoms with Crippen LogP contribution in [-0.2, 0) is 11.3 Å². The maximum atomic E-state index is 11.5. The van der Waals surface area contributed by atoms with Gasteiger partial charge in [-0.25, -0.2) is 0 Å². The lowest BCUT2D eigenvalue weighted by Gasteiger charge is -2.11. The lowest BCUT2D eigenvalue weighted by Crippen LogP contribution is -2.39. The van der Waals surface area contributed by atoms with Gasteiger partial charge in [0.25, 0.3) is 0 Å². The number of carbonyl (C=O) groups excluding carboxylic acids is 1. The van der Waals surface area contributed by atoms with E-state index >= 15 is 0 Å². The summed E-state index contributed by atoms with van der Waals surface area (Å²) in [5.74, 6) is 1.28. The molecular weight excluding hydrogens is 220 g/mol. The van der Waals surface area contributed by atoms with Crippen molar-refractivity contribution >= 4 is 5.91 Å².